The zero-order chi connectivity index (χ0) is 20.5. The van der Waals surface area contributed by atoms with Crippen molar-refractivity contribution < 1.29 is 4.79 Å². The molecular weight excluding hydrogens is 388 g/mol. The van der Waals surface area contributed by atoms with Crippen molar-refractivity contribution in [1.82, 2.24) is 4.98 Å². The van der Waals surface area contributed by atoms with Gasteiger partial charge in [-0.05, 0) is 66.8 Å². The molecule has 0 bridgehead atoms. The number of aryl methyl sites for hydroxylation is 1. The molecule has 0 radical (unpaired) electrons. The molecule has 1 aromatic heterocycles. The molecule has 5 rings (SSSR count). The third-order valence-electron chi connectivity index (χ3n) is 5.50. The van der Waals surface area contributed by atoms with Gasteiger partial charge in [0.2, 0.25) is 0 Å². The second-order valence-electron chi connectivity index (χ2n) is 7.84. The van der Waals surface area contributed by atoms with Crippen LogP contribution in [-0.4, -0.2) is 10.8 Å². The summed E-state index contributed by atoms with van der Waals surface area (Å²) in [6, 6.07) is 25.0. The monoisotopic (exact) mass is 410 g/mol. The van der Waals surface area contributed by atoms with Crippen molar-refractivity contribution in [3.05, 3.63) is 95.7 Å². The normalized spacial score (nSPS) is 16.5. The molecule has 1 heterocycles. The number of rotatable bonds is 4. The molecule has 1 N–H and O–H groups in total. The number of ketones is 1. The molecule has 148 valence electrons. The van der Waals surface area contributed by atoms with Crippen LogP contribution in [0.25, 0.3) is 20.8 Å². The summed E-state index contributed by atoms with van der Waals surface area (Å²) in [5, 5.41) is 4.47. The Morgan fingerprint density at radius 2 is 1.77 bits per heavy atom. The second-order valence-corrected chi connectivity index (χ2v) is 8.87. The fraction of sp³-hybridized carbons (Fsp3) is 0.154. The van der Waals surface area contributed by atoms with E-state index in [1.54, 1.807) is 17.4 Å². The van der Waals surface area contributed by atoms with Crippen molar-refractivity contribution in [1.29, 1.82) is 0 Å². The Labute approximate surface area is 180 Å². The molecule has 3 aromatic carbocycles. The predicted molar refractivity (Wildman–Crippen MR) is 125 cm³/mol. The maximum absolute atomic E-state index is 12.3. The van der Waals surface area contributed by atoms with Gasteiger partial charge >= 0.3 is 0 Å². The molecule has 3 nitrogen and oxygen atoms in total. The molecule has 0 amide bonds. The molecule has 0 saturated heterocycles. The number of hydrogen-bond donors (Lipinski definition) is 1. The van der Waals surface area contributed by atoms with Crippen LogP contribution in [0, 0.1) is 6.92 Å². The summed E-state index contributed by atoms with van der Waals surface area (Å²) in [7, 11) is 0. The standard InChI is InChI=1S/C26H22N2OS/c1-17-7-12-24-25(13-17)30-26(28-24)19-8-10-21(11-9-19)27-22-14-20(15-23(29)16-22)18-5-3-2-4-6-18/h2-13,16,20,27H,14-15H2,1H3. The molecule has 0 saturated carbocycles. The van der Waals surface area contributed by atoms with Crippen LogP contribution in [0.1, 0.15) is 29.9 Å². The van der Waals surface area contributed by atoms with Crippen molar-refractivity contribution >= 4 is 33.0 Å². The lowest BCUT2D eigenvalue weighted by atomic mass is 9.85. The van der Waals surface area contributed by atoms with E-state index < -0.39 is 0 Å². The summed E-state index contributed by atoms with van der Waals surface area (Å²) in [4.78, 5) is 17.0. The Hall–Kier alpha value is -3.24. The van der Waals surface area contributed by atoms with Crippen LogP contribution in [-0.2, 0) is 4.79 Å². The number of benzene rings is 3. The highest BCUT2D eigenvalue weighted by Crippen LogP contribution is 2.34. The number of hydrogen-bond acceptors (Lipinski definition) is 4. The van der Waals surface area contributed by atoms with Crippen LogP contribution in [0.4, 0.5) is 5.69 Å². The number of allylic oxidation sites excluding steroid dienone is 2. The minimum absolute atomic E-state index is 0.180. The predicted octanol–water partition coefficient (Wildman–Crippen LogP) is 6.71. The van der Waals surface area contributed by atoms with Gasteiger partial charge in [0.05, 0.1) is 10.2 Å². The Morgan fingerprint density at radius 3 is 2.57 bits per heavy atom. The minimum atomic E-state index is 0.180. The van der Waals surface area contributed by atoms with Gasteiger partial charge in [-0.1, -0.05) is 36.4 Å². The smallest absolute Gasteiger partial charge is 0.158 e. The first-order valence-electron chi connectivity index (χ1n) is 10.2. The van der Waals surface area contributed by atoms with Gasteiger partial charge in [-0.15, -0.1) is 11.3 Å². The highest BCUT2D eigenvalue weighted by Gasteiger charge is 2.22. The molecule has 4 aromatic rings. The first-order valence-corrected chi connectivity index (χ1v) is 11.0. The number of thiazole rings is 1. The Balaban J connectivity index is 1.33. The average Bonchev–Trinajstić information content (AvgIpc) is 3.18. The highest BCUT2D eigenvalue weighted by atomic mass is 32.1. The third kappa shape index (κ3) is 3.91. The van der Waals surface area contributed by atoms with Gasteiger partial charge in [0.1, 0.15) is 5.01 Å². The van der Waals surface area contributed by atoms with Crippen molar-refractivity contribution in [2.45, 2.75) is 25.7 Å². The van der Waals surface area contributed by atoms with Crippen molar-refractivity contribution in [2.24, 2.45) is 0 Å². The van der Waals surface area contributed by atoms with Gasteiger partial charge in [-0.25, -0.2) is 4.98 Å². The molecule has 0 spiro atoms. The van der Waals surface area contributed by atoms with E-state index >= 15 is 0 Å². The third-order valence-corrected chi connectivity index (χ3v) is 6.57. The number of nitrogens with one attached hydrogen (secondary N) is 1. The van der Waals surface area contributed by atoms with Crippen LogP contribution in [0.5, 0.6) is 0 Å². The summed E-state index contributed by atoms with van der Waals surface area (Å²) in [5.41, 5.74) is 6.59. The molecule has 0 fully saturated rings. The zero-order valence-corrected chi connectivity index (χ0v) is 17.6. The van der Waals surface area contributed by atoms with E-state index in [0.717, 1.165) is 33.9 Å². The molecule has 4 heteroatoms. The molecule has 1 aliphatic carbocycles. The van der Waals surface area contributed by atoms with Crippen molar-refractivity contribution in [2.75, 3.05) is 5.32 Å². The topological polar surface area (TPSA) is 42.0 Å². The van der Waals surface area contributed by atoms with E-state index in [-0.39, 0.29) is 11.7 Å². The first kappa shape index (κ1) is 18.8. The second kappa shape index (κ2) is 7.88. The van der Waals surface area contributed by atoms with Gasteiger partial charge in [0, 0.05) is 29.4 Å². The van der Waals surface area contributed by atoms with Gasteiger partial charge in [-0.3, -0.25) is 4.79 Å². The maximum Gasteiger partial charge on any atom is 0.158 e. The fourth-order valence-corrected chi connectivity index (χ4v) is 5.05. The summed E-state index contributed by atoms with van der Waals surface area (Å²) in [5.74, 6) is 0.413. The number of aromatic nitrogens is 1. The summed E-state index contributed by atoms with van der Waals surface area (Å²) >= 11 is 1.72. The van der Waals surface area contributed by atoms with E-state index in [1.165, 1.54) is 15.8 Å². The van der Waals surface area contributed by atoms with E-state index in [9.17, 15) is 4.79 Å². The first-order chi connectivity index (χ1) is 14.6. The minimum Gasteiger partial charge on any atom is -0.359 e. The van der Waals surface area contributed by atoms with E-state index in [2.05, 4.69) is 66.8 Å². The highest BCUT2D eigenvalue weighted by molar-refractivity contribution is 7.21. The van der Waals surface area contributed by atoms with Crippen LogP contribution < -0.4 is 5.32 Å². The van der Waals surface area contributed by atoms with Crippen molar-refractivity contribution in [3.63, 3.8) is 0 Å². The molecule has 1 unspecified atom stereocenters. The van der Waals surface area contributed by atoms with Crippen molar-refractivity contribution in [3.8, 4) is 10.6 Å². The maximum atomic E-state index is 12.3. The van der Waals surface area contributed by atoms with E-state index in [0.29, 0.717) is 6.42 Å². The van der Waals surface area contributed by atoms with Crippen LogP contribution in [0.3, 0.4) is 0 Å². The lowest BCUT2D eigenvalue weighted by molar-refractivity contribution is -0.115. The number of carbonyl (C=O) groups is 1. The molecule has 1 atom stereocenters. The fourth-order valence-electron chi connectivity index (χ4n) is 3.98. The molecule has 30 heavy (non-hydrogen) atoms. The van der Waals surface area contributed by atoms with Crippen LogP contribution in [0.2, 0.25) is 0 Å². The number of carbonyl (C=O) groups excluding carboxylic acids is 1. The van der Waals surface area contributed by atoms with E-state index in [1.807, 2.05) is 18.2 Å². The largest absolute Gasteiger partial charge is 0.359 e. The zero-order valence-electron chi connectivity index (χ0n) is 16.8. The molecule has 0 aliphatic heterocycles. The molecular formula is C26H22N2OS. The molecule has 1 aliphatic rings. The van der Waals surface area contributed by atoms with Gasteiger partial charge < -0.3 is 5.32 Å². The Morgan fingerprint density at radius 1 is 0.967 bits per heavy atom. The number of fused-ring (bicyclic) bond motifs is 1. The van der Waals surface area contributed by atoms with Gasteiger partial charge in [0.15, 0.2) is 5.78 Å². The number of anilines is 1. The summed E-state index contributed by atoms with van der Waals surface area (Å²) < 4.78 is 1.21. The Bertz CT molecular complexity index is 1240. The van der Waals surface area contributed by atoms with E-state index in [4.69, 9.17) is 4.98 Å². The Kier molecular flexibility index (Phi) is 4.93. The number of nitrogens with zero attached hydrogens (tertiary/aromatic N) is 1. The van der Waals surface area contributed by atoms with Crippen LogP contribution in [0.15, 0.2) is 84.6 Å². The van der Waals surface area contributed by atoms with Gasteiger partial charge in [0.25, 0.3) is 0 Å². The lowest BCUT2D eigenvalue weighted by Crippen LogP contribution is -2.16. The van der Waals surface area contributed by atoms with Gasteiger partial charge in [-0.2, -0.15) is 0 Å². The summed E-state index contributed by atoms with van der Waals surface area (Å²) in [6.45, 7) is 2.10. The quantitative estimate of drug-likeness (QED) is 0.406. The summed E-state index contributed by atoms with van der Waals surface area (Å²) in [6.07, 6.45) is 3.17. The SMILES string of the molecule is Cc1ccc2nc(-c3ccc(NC4=CC(=O)CC(c5ccccc5)C4)cc3)sc2c1. The average molecular weight is 411 g/mol. The van der Waals surface area contributed by atoms with Crippen LogP contribution >= 0.6 is 11.3 Å². The lowest BCUT2D eigenvalue weighted by Gasteiger charge is -2.23.